The number of aliphatic hydroxyl groups is 1. The van der Waals surface area contributed by atoms with Gasteiger partial charge in [0.2, 0.25) is 10.0 Å². The predicted octanol–water partition coefficient (Wildman–Crippen LogP) is -0.0138. The van der Waals surface area contributed by atoms with Crippen molar-refractivity contribution in [2.24, 2.45) is 0 Å². The predicted molar refractivity (Wildman–Crippen MR) is 78.1 cm³/mol. The van der Waals surface area contributed by atoms with Crippen LogP contribution in [-0.2, 0) is 14.8 Å². The number of ether oxygens (including phenoxy) is 1. The minimum Gasteiger partial charge on any atom is -0.399 e. The van der Waals surface area contributed by atoms with Crippen LogP contribution >= 0.6 is 0 Å². The number of anilines is 2. The molecule has 0 spiro atoms. The van der Waals surface area contributed by atoms with E-state index in [2.05, 4.69) is 10.0 Å². The van der Waals surface area contributed by atoms with Crippen LogP contribution in [0.3, 0.4) is 0 Å². The molecule has 0 fully saturated rings. The molecule has 0 heterocycles. The molecule has 1 aromatic rings. The van der Waals surface area contributed by atoms with Gasteiger partial charge in [0.15, 0.2) is 0 Å². The zero-order valence-corrected chi connectivity index (χ0v) is 12.4. The highest BCUT2D eigenvalue weighted by Crippen LogP contribution is 2.24. The normalized spacial score (nSPS) is 13.2. The topological polar surface area (TPSA) is 114 Å². The molecular weight excluding hydrogens is 282 g/mol. The third kappa shape index (κ3) is 4.34. The fraction of sp³-hybridized carbons (Fsp3) is 0.500. The first-order valence-corrected chi connectivity index (χ1v) is 7.62. The summed E-state index contributed by atoms with van der Waals surface area (Å²) in [5.41, 5.74) is 6.42. The van der Waals surface area contributed by atoms with E-state index in [1.807, 2.05) is 0 Å². The Morgan fingerprint density at radius 3 is 2.70 bits per heavy atom. The highest BCUT2D eigenvalue weighted by Gasteiger charge is 2.19. The van der Waals surface area contributed by atoms with E-state index in [0.717, 1.165) is 0 Å². The van der Waals surface area contributed by atoms with E-state index in [1.165, 1.54) is 13.1 Å². The van der Waals surface area contributed by atoms with Crippen LogP contribution < -0.4 is 15.8 Å². The van der Waals surface area contributed by atoms with Gasteiger partial charge in [0, 0.05) is 19.4 Å². The van der Waals surface area contributed by atoms with Crippen molar-refractivity contribution in [3.05, 3.63) is 18.2 Å². The maximum atomic E-state index is 12.0. The van der Waals surface area contributed by atoms with Gasteiger partial charge in [0.1, 0.15) is 4.90 Å². The van der Waals surface area contributed by atoms with Crippen LogP contribution in [0.4, 0.5) is 11.4 Å². The molecule has 20 heavy (non-hydrogen) atoms. The summed E-state index contributed by atoms with van der Waals surface area (Å²) in [6.45, 7) is 0.327. The molecular formula is C12H21N3O4S. The van der Waals surface area contributed by atoms with E-state index in [-0.39, 0.29) is 17.5 Å². The molecule has 1 aromatic carbocycles. The summed E-state index contributed by atoms with van der Waals surface area (Å²) < 4.78 is 31.3. The van der Waals surface area contributed by atoms with Gasteiger partial charge in [0.25, 0.3) is 0 Å². The number of nitrogen functional groups attached to an aromatic ring is 1. The minimum absolute atomic E-state index is 0.0237. The lowest BCUT2D eigenvalue weighted by Gasteiger charge is -2.20. The summed E-state index contributed by atoms with van der Waals surface area (Å²) in [6.07, 6.45) is 0.442. The van der Waals surface area contributed by atoms with E-state index in [4.69, 9.17) is 15.6 Å². The minimum atomic E-state index is -3.62. The fourth-order valence-corrected chi connectivity index (χ4v) is 2.69. The van der Waals surface area contributed by atoms with Crippen molar-refractivity contribution in [2.45, 2.75) is 17.4 Å². The van der Waals surface area contributed by atoms with Gasteiger partial charge in [0.05, 0.1) is 18.3 Å². The van der Waals surface area contributed by atoms with E-state index < -0.39 is 10.0 Å². The van der Waals surface area contributed by atoms with Crippen LogP contribution in [0.25, 0.3) is 0 Å². The quantitative estimate of drug-likeness (QED) is 0.502. The average molecular weight is 303 g/mol. The van der Waals surface area contributed by atoms with Crippen molar-refractivity contribution in [2.75, 3.05) is 38.4 Å². The zero-order chi connectivity index (χ0) is 15.2. The summed E-state index contributed by atoms with van der Waals surface area (Å²) in [5.74, 6) is 0. The number of aliphatic hydroxyl groups excluding tert-OH is 1. The maximum absolute atomic E-state index is 12.0. The second kappa shape index (κ2) is 7.44. The Labute approximate surface area is 119 Å². The molecule has 0 saturated heterocycles. The lowest BCUT2D eigenvalue weighted by atomic mass is 10.2. The van der Waals surface area contributed by atoms with Gasteiger partial charge in [-0.3, -0.25) is 0 Å². The van der Waals surface area contributed by atoms with Gasteiger partial charge in [-0.05, 0) is 31.7 Å². The summed E-state index contributed by atoms with van der Waals surface area (Å²) in [4.78, 5) is 0.0686. The Balaban J connectivity index is 3.11. The maximum Gasteiger partial charge on any atom is 0.242 e. The fourth-order valence-electron chi connectivity index (χ4n) is 1.76. The molecule has 1 rings (SSSR count). The van der Waals surface area contributed by atoms with Crippen molar-refractivity contribution in [1.82, 2.24) is 4.72 Å². The Hall–Kier alpha value is -1.35. The number of hydrogen-bond donors (Lipinski definition) is 4. The molecule has 0 amide bonds. The number of nitrogens with two attached hydrogens (primary N) is 1. The van der Waals surface area contributed by atoms with E-state index in [0.29, 0.717) is 24.4 Å². The van der Waals surface area contributed by atoms with E-state index in [1.54, 1.807) is 19.2 Å². The summed E-state index contributed by atoms with van der Waals surface area (Å²) >= 11 is 0. The van der Waals surface area contributed by atoms with Gasteiger partial charge in [-0.2, -0.15) is 0 Å². The molecule has 0 aliphatic heterocycles. The monoisotopic (exact) mass is 303 g/mol. The lowest BCUT2D eigenvalue weighted by Crippen LogP contribution is -2.28. The number of sulfonamides is 1. The largest absolute Gasteiger partial charge is 0.399 e. The molecule has 114 valence electrons. The molecule has 0 saturated carbocycles. The third-order valence-electron chi connectivity index (χ3n) is 2.77. The highest BCUT2D eigenvalue weighted by atomic mass is 32.2. The molecule has 5 N–H and O–H groups in total. The Morgan fingerprint density at radius 2 is 2.15 bits per heavy atom. The first kappa shape index (κ1) is 16.7. The first-order valence-electron chi connectivity index (χ1n) is 6.14. The number of methoxy groups -OCH3 is 1. The summed E-state index contributed by atoms with van der Waals surface area (Å²) in [7, 11) is -0.745. The van der Waals surface area contributed by atoms with Crippen LogP contribution in [0.1, 0.15) is 6.42 Å². The van der Waals surface area contributed by atoms with Crippen molar-refractivity contribution < 1.29 is 18.3 Å². The molecule has 0 radical (unpaired) electrons. The second-order valence-corrected chi connectivity index (χ2v) is 6.13. The molecule has 8 heteroatoms. The number of rotatable bonds is 8. The van der Waals surface area contributed by atoms with Crippen molar-refractivity contribution in [1.29, 1.82) is 0 Å². The Morgan fingerprint density at radius 1 is 1.45 bits per heavy atom. The second-order valence-electron chi connectivity index (χ2n) is 4.27. The average Bonchev–Trinajstić information content (AvgIpc) is 2.41. The molecule has 1 atom stereocenters. The van der Waals surface area contributed by atoms with Crippen LogP contribution in [-0.4, -0.2) is 46.9 Å². The molecule has 1 unspecified atom stereocenters. The van der Waals surface area contributed by atoms with Crippen LogP contribution in [0.2, 0.25) is 0 Å². The smallest absolute Gasteiger partial charge is 0.242 e. The van der Waals surface area contributed by atoms with Gasteiger partial charge >= 0.3 is 0 Å². The van der Waals surface area contributed by atoms with Crippen molar-refractivity contribution in [3.8, 4) is 0 Å². The number of nitrogens with one attached hydrogen (secondary N) is 2. The molecule has 0 aromatic heterocycles. The third-order valence-corrected chi connectivity index (χ3v) is 4.22. The molecule has 0 bridgehead atoms. The van der Waals surface area contributed by atoms with Crippen LogP contribution in [0.5, 0.6) is 0 Å². The first-order chi connectivity index (χ1) is 9.44. The van der Waals surface area contributed by atoms with E-state index in [9.17, 15) is 8.42 Å². The van der Waals surface area contributed by atoms with Gasteiger partial charge < -0.3 is 20.9 Å². The highest BCUT2D eigenvalue weighted by molar-refractivity contribution is 7.89. The molecule has 0 aliphatic carbocycles. The zero-order valence-electron chi connectivity index (χ0n) is 11.6. The number of benzene rings is 1. The van der Waals surface area contributed by atoms with Gasteiger partial charge in [-0.15, -0.1) is 0 Å². The van der Waals surface area contributed by atoms with Crippen LogP contribution in [0, 0.1) is 0 Å². The van der Waals surface area contributed by atoms with Gasteiger partial charge in [-0.1, -0.05) is 0 Å². The van der Waals surface area contributed by atoms with E-state index >= 15 is 0 Å². The van der Waals surface area contributed by atoms with Crippen LogP contribution in [0.15, 0.2) is 23.1 Å². The summed E-state index contributed by atoms with van der Waals surface area (Å²) in [5, 5.41) is 12.1. The standard InChI is InChI=1S/C12H21N3O4S/c1-14-20(17,18)12-7-9(13)3-4-11(12)15-10(5-6-16)8-19-2/h3-4,7,10,14-16H,5-6,8,13H2,1-2H3. The Bertz CT molecular complexity index is 528. The molecule has 7 nitrogen and oxygen atoms in total. The molecule has 0 aliphatic rings. The lowest BCUT2D eigenvalue weighted by molar-refractivity contribution is 0.170. The van der Waals surface area contributed by atoms with Gasteiger partial charge in [-0.25, -0.2) is 13.1 Å². The van der Waals surface area contributed by atoms with Crippen molar-refractivity contribution >= 4 is 21.4 Å². The SMILES string of the molecule is CNS(=O)(=O)c1cc(N)ccc1NC(CCO)COC. The summed E-state index contributed by atoms with van der Waals surface area (Å²) in [6, 6.07) is 4.40. The number of hydrogen-bond acceptors (Lipinski definition) is 6. The van der Waals surface area contributed by atoms with Crippen molar-refractivity contribution in [3.63, 3.8) is 0 Å². The Kier molecular flexibility index (Phi) is 6.21.